The number of hydrogen-bond acceptors (Lipinski definition) is 4. The fourth-order valence-corrected chi connectivity index (χ4v) is 3.29. The molecule has 130 valence electrons. The van der Waals surface area contributed by atoms with Crippen molar-refractivity contribution in [2.45, 2.75) is 6.54 Å². The molecule has 1 aliphatic rings. The average Bonchev–Trinajstić information content (AvgIpc) is 3.01. The zero-order chi connectivity index (χ0) is 16.9. The van der Waals surface area contributed by atoms with Crippen LogP contribution < -0.4 is 5.32 Å². The highest BCUT2D eigenvalue weighted by Gasteiger charge is 2.12. The highest BCUT2D eigenvalue weighted by atomic mass is 16.5. The number of para-hydroxylation sites is 2. The Kier molecular flexibility index (Phi) is 4.95. The summed E-state index contributed by atoms with van der Waals surface area (Å²) in [6.45, 7) is 6.43. The van der Waals surface area contributed by atoms with Gasteiger partial charge in [-0.05, 0) is 17.7 Å². The van der Waals surface area contributed by atoms with Crippen molar-refractivity contribution in [1.82, 2.24) is 14.5 Å². The minimum Gasteiger partial charge on any atom is -0.379 e. The van der Waals surface area contributed by atoms with Crippen LogP contribution in [0.25, 0.3) is 11.0 Å². The molecule has 5 nitrogen and oxygen atoms in total. The smallest absolute Gasteiger partial charge is 0.204 e. The molecular weight excluding hydrogens is 312 g/mol. The summed E-state index contributed by atoms with van der Waals surface area (Å²) in [7, 11) is 0. The minimum atomic E-state index is 0.821. The van der Waals surface area contributed by atoms with Crippen molar-refractivity contribution in [2.24, 2.45) is 0 Å². The molecule has 0 spiro atoms. The van der Waals surface area contributed by atoms with Crippen LogP contribution in [0.4, 0.5) is 5.95 Å². The van der Waals surface area contributed by atoms with Gasteiger partial charge in [0.2, 0.25) is 5.95 Å². The van der Waals surface area contributed by atoms with Gasteiger partial charge < -0.3 is 14.6 Å². The predicted octanol–water partition coefficient (Wildman–Crippen LogP) is 2.83. The van der Waals surface area contributed by atoms with E-state index < -0.39 is 0 Å². The summed E-state index contributed by atoms with van der Waals surface area (Å²) >= 11 is 0. The van der Waals surface area contributed by atoms with E-state index in [1.54, 1.807) is 0 Å². The summed E-state index contributed by atoms with van der Waals surface area (Å²) in [5.74, 6) is 0.943. The van der Waals surface area contributed by atoms with Gasteiger partial charge in [-0.3, -0.25) is 4.90 Å². The number of aromatic nitrogens is 2. The molecule has 0 saturated carbocycles. The van der Waals surface area contributed by atoms with Crippen molar-refractivity contribution in [3.8, 4) is 0 Å². The van der Waals surface area contributed by atoms with Gasteiger partial charge in [0.25, 0.3) is 0 Å². The Morgan fingerprint density at radius 1 is 0.960 bits per heavy atom. The van der Waals surface area contributed by atoms with Crippen LogP contribution in [0.2, 0.25) is 0 Å². The van der Waals surface area contributed by atoms with E-state index in [-0.39, 0.29) is 0 Å². The Morgan fingerprint density at radius 2 is 1.72 bits per heavy atom. The summed E-state index contributed by atoms with van der Waals surface area (Å²) in [6, 6.07) is 18.9. The van der Waals surface area contributed by atoms with Gasteiger partial charge in [0.05, 0.1) is 30.8 Å². The number of anilines is 1. The number of nitrogens with zero attached hydrogens (tertiary/aromatic N) is 3. The normalized spacial score (nSPS) is 15.5. The van der Waals surface area contributed by atoms with Gasteiger partial charge in [-0.2, -0.15) is 0 Å². The van der Waals surface area contributed by atoms with Gasteiger partial charge in [0.1, 0.15) is 0 Å². The van der Waals surface area contributed by atoms with Crippen LogP contribution in [0.5, 0.6) is 0 Å². The van der Waals surface area contributed by atoms with Gasteiger partial charge in [-0.15, -0.1) is 0 Å². The maximum atomic E-state index is 5.41. The Hall–Kier alpha value is -2.37. The molecule has 1 aliphatic heterocycles. The van der Waals surface area contributed by atoms with Crippen LogP contribution in [0, 0.1) is 0 Å². The van der Waals surface area contributed by atoms with Crippen LogP contribution in [0.3, 0.4) is 0 Å². The fraction of sp³-hybridized carbons (Fsp3) is 0.350. The topological polar surface area (TPSA) is 42.3 Å². The SMILES string of the molecule is c1ccc(Cn2c(NCCN3CCOCC3)nc3ccccc32)cc1. The van der Waals surface area contributed by atoms with Gasteiger partial charge in [-0.25, -0.2) is 4.98 Å². The Labute approximate surface area is 148 Å². The molecule has 2 heterocycles. The molecule has 5 heteroatoms. The number of hydrogen-bond donors (Lipinski definition) is 1. The summed E-state index contributed by atoms with van der Waals surface area (Å²) in [5.41, 5.74) is 3.48. The van der Waals surface area contributed by atoms with E-state index in [2.05, 4.69) is 63.3 Å². The third kappa shape index (κ3) is 3.83. The summed E-state index contributed by atoms with van der Waals surface area (Å²) in [6.07, 6.45) is 0. The maximum Gasteiger partial charge on any atom is 0.204 e. The number of imidazole rings is 1. The molecule has 0 amide bonds. The van der Waals surface area contributed by atoms with E-state index in [9.17, 15) is 0 Å². The zero-order valence-corrected chi connectivity index (χ0v) is 14.4. The van der Waals surface area contributed by atoms with Gasteiger partial charge in [0, 0.05) is 26.2 Å². The molecule has 1 fully saturated rings. The molecule has 2 aromatic carbocycles. The second-order valence-electron chi connectivity index (χ2n) is 6.38. The maximum absolute atomic E-state index is 5.41. The second-order valence-corrected chi connectivity index (χ2v) is 6.38. The first kappa shape index (κ1) is 16.1. The summed E-state index contributed by atoms with van der Waals surface area (Å²) in [4.78, 5) is 7.23. The molecule has 0 aliphatic carbocycles. The monoisotopic (exact) mass is 336 g/mol. The van der Waals surface area contributed by atoms with Crippen molar-refractivity contribution in [3.63, 3.8) is 0 Å². The molecular formula is C20H24N4O. The molecule has 1 saturated heterocycles. The number of fused-ring (bicyclic) bond motifs is 1. The van der Waals surface area contributed by atoms with Crippen molar-refractivity contribution in [3.05, 3.63) is 60.2 Å². The van der Waals surface area contributed by atoms with Crippen LogP contribution >= 0.6 is 0 Å². The first-order chi connectivity index (χ1) is 12.4. The predicted molar refractivity (Wildman–Crippen MR) is 101 cm³/mol. The number of morpholine rings is 1. The molecule has 4 rings (SSSR count). The van der Waals surface area contributed by atoms with Crippen LogP contribution in [0.15, 0.2) is 54.6 Å². The lowest BCUT2D eigenvalue weighted by Gasteiger charge is -2.26. The van der Waals surface area contributed by atoms with Gasteiger partial charge >= 0.3 is 0 Å². The van der Waals surface area contributed by atoms with E-state index in [1.807, 2.05) is 6.07 Å². The lowest BCUT2D eigenvalue weighted by Crippen LogP contribution is -2.39. The lowest BCUT2D eigenvalue weighted by molar-refractivity contribution is 0.0398. The summed E-state index contributed by atoms with van der Waals surface area (Å²) in [5, 5.41) is 3.54. The van der Waals surface area contributed by atoms with Crippen molar-refractivity contribution < 1.29 is 4.74 Å². The minimum absolute atomic E-state index is 0.821. The molecule has 0 bridgehead atoms. The molecule has 0 atom stereocenters. The first-order valence-corrected chi connectivity index (χ1v) is 8.93. The van der Waals surface area contributed by atoms with Crippen LogP contribution in [-0.4, -0.2) is 53.8 Å². The molecule has 1 aromatic heterocycles. The fourth-order valence-electron chi connectivity index (χ4n) is 3.29. The first-order valence-electron chi connectivity index (χ1n) is 8.93. The van der Waals surface area contributed by atoms with E-state index in [4.69, 9.17) is 9.72 Å². The average molecular weight is 336 g/mol. The van der Waals surface area contributed by atoms with E-state index in [0.717, 1.165) is 57.4 Å². The highest BCUT2D eigenvalue weighted by Crippen LogP contribution is 2.21. The molecule has 25 heavy (non-hydrogen) atoms. The van der Waals surface area contributed by atoms with Crippen molar-refractivity contribution in [1.29, 1.82) is 0 Å². The van der Waals surface area contributed by atoms with Crippen LogP contribution in [0.1, 0.15) is 5.56 Å². The standard InChI is InChI=1S/C20H24N4O/c1-2-6-17(7-3-1)16-24-19-9-5-4-8-18(19)22-20(24)21-10-11-23-12-14-25-15-13-23/h1-9H,10-16H2,(H,21,22). The highest BCUT2D eigenvalue weighted by molar-refractivity contribution is 5.78. The molecule has 0 unspecified atom stereocenters. The van der Waals surface area contributed by atoms with Gasteiger partial charge in [-0.1, -0.05) is 42.5 Å². The third-order valence-electron chi connectivity index (χ3n) is 4.65. The Balaban J connectivity index is 1.51. The van der Waals surface area contributed by atoms with E-state index in [0.29, 0.717) is 0 Å². The van der Waals surface area contributed by atoms with E-state index >= 15 is 0 Å². The Bertz CT molecular complexity index is 809. The Morgan fingerprint density at radius 3 is 2.56 bits per heavy atom. The van der Waals surface area contributed by atoms with Gasteiger partial charge in [0.15, 0.2) is 0 Å². The summed E-state index contributed by atoms with van der Waals surface area (Å²) < 4.78 is 7.68. The quantitative estimate of drug-likeness (QED) is 0.752. The second kappa shape index (κ2) is 7.68. The third-order valence-corrected chi connectivity index (χ3v) is 4.65. The molecule has 3 aromatic rings. The zero-order valence-electron chi connectivity index (χ0n) is 14.4. The lowest BCUT2D eigenvalue weighted by atomic mass is 10.2. The number of rotatable bonds is 6. The van der Waals surface area contributed by atoms with Crippen molar-refractivity contribution >= 4 is 17.0 Å². The number of ether oxygens (including phenoxy) is 1. The number of nitrogens with one attached hydrogen (secondary N) is 1. The molecule has 0 radical (unpaired) electrons. The van der Waals surface area contributed by atoms with E-state index in [1.165, 1.54) is 11.1 Å². The van der Waals surface area contributed by atoms with Crippen LogP contribution in [-0.2, 0) is 11.3 Å². The number of benzene rings is 2. The molecule has 1 N–H and O–H groups in total. The van der Waals surface area contributed by atoms with Crippen molar-refractivity contribution in [2.75, 3.05) is 44.7 Å². The largest absolute Gasteiger partial charge is 0.379 e.